The fourth-order valence-corrected chi connectivity index (χ4v) is 2.87. The standard InChI is InChI=1S/C21H21F3N6O3/c1-29(2)14-9-7-13(8-10-14)11-25-20(33)27-26-19(32)18-17(31)12-30(28-18)16-6-4-3-5-15(16)21(22,23)24/h3-10,12,31H,11H2,1-2H3,(H,26,32)(H2,25,27,33). The van der Waals surface area contributed by atoms with Crippen LogP contribution in [0.15, 0.2) is 54.7 Å². The van der Waals surface area contributed by atoms with E-state index in [0.29, 0.717) is 0 Å². The Hall–Kier alpha value is -4.22. The van der Waals surface area contributed by atoms with Gasteiger partial charge in [-0.05, 0) is 29.8 Å². The summed E-state index contributed by atoms with van der Waals surface area (Å²) >= 11 is 0. The molecule has 174 valence electrons. The number of urea groups is 1. The molecule has 0 atom stereocenters. The third kappa shape index (κ3) is 5.73. The number of alkyl halides is 3. The van der Waals surface area contributed by atoms with Crippen molar-refractivity contribution < 1.29 is 27.9 Å². The highest BCUT2D eigenvalue weighted by molar-refractivity contribution is 5.95. The zero-order chi connectivity index (χ0) is 24.2. The maximum atomic E-state index is 13.2. The lowest BCUT2D eigenvalue weighted by Gasteiger charge is -2.13. The number of amides is 3. The second-order valence-corrected chi connectivity index (χ2v) is 7.15. The molecule has 12 heteroatoms. The number of hydrazine groups is 1. The number of hydrogen-bond donors (Lipinski definition) is 4. The van der Waals surface area contributed by atoms with E-state index >= 15 is 0 Å². The summed E-state index contributed by atoms with van der Waals surface area (Å²) in [4.78, 5) is 26.1. The van der Waals surface area contributed by atoms with Gasteiger partial charge in [0.1, 0.15) is 0 Å². The van der Waals surface area contributed by atoms with Crippen LogP contribution in [0.2, 0.25) is 0 Å². The maximum absolute atomic E-state index is 13.2. The molecule has 2 aromatic carbocycles. The van der Waals surface area contributed by atoms with Gasteiger partial charge in [0.2, 0.25) is 0 Å². The molecular formula is C21H21F3N6O3. The molecule has 1 aromatic heterocycles. The van der Waals surface area contributed by atoms with Crippen LogP contribution in [0.4, 0.5) is 23.7 Å². The minimum absolute atomic E-state index is 0.184. The van der Waals surface area contributed by atoms with Crippen LogP contribution in [-0.2, 0) is 12.7 Å². The van der Waals surface area contributed by atoms with Gasteiger partial charge in [-0.25, -0.2) is 14.9 Å². The molecule has 33 heavy (non-hydrogen) atoms. The summed E-state index contributed by atoms with van der Waals surface area (Å²) in [5, 5.41) is 16.2. The quantitative estimate of drug-likeness (QED) is 0.436. The van der Waals surface area contributed by atoms with Gasteiger partial charge in [-0.3, -0.25) is 10.2 Å². The van der Waals surface area contributed by atoms with Crippen molar-refractivity contribution in [3.63, 3.8) is 0 Å². The summed E-state index contributed by atoms with van der Waals surface area (Å²) in [7, 11) is 3.80. The van der Waals surface area contributed by atoms with Gasteiger partial charge in [0.15, 0.2) is 11.4 Å². The van der Waals surface area contributed by atoms with Crippen LogP contribution in [0.25, 0.3) is 5.69 Å². The van der Waals surface area contributed by atoms with Crippen molar-refractivity contribution in [1.82, 2.24) is 25.9 Å². The largest absolute Gasteiger partial charge is 0.504 e. The average molecular weight is 462 g/mol. The predicted molar refractivity (Wildman–Crippen MR) is 114 cm³/mol. The molecule has 0 unspecified atom stereocenters. The molecule has 0 aliphatic carbocycles. The molecule has 0 radical (unpaired) electrons. The van der Waals surface area contributed by atoms with Crippen molar-refractivity contribution in [2.24, 2.45) is 0 Å². The monoisotopic (exact) mass is 462 g/mol. The van der Waals surface area contributed by atoms with Gasteiger partial charge in [-0.1, -0.05) is 24.3 Å². The third-order valence-electron chi connectivity index (χ3n) is 4.56. The number of carbonyl (C=O) groups is 2. The van der Waals surface area contributed by atoms with E-state index in [1.165, 1.54) is 12.1 Å². The molecule has 0 saturated heterocycles. The number of halogens is 3. The number of rotatable bonds is 5. The predicted octanol–water partition coefficient (Wildman–Crippen LogP) is 2.81. The number of benzene rings is 2. The Bertz CT molecular complexity index is 1140. The van der Waals surface area contributed by atoms with E-state index < -0.39 is 35.1 Å². The van der Waals surface area contributed by atoms with Gasteiger partial charge in [0.05, 0.1) is 17.4 Å². The van der Waals surface area contributed by atoms with E-state index in [0.717, 1.165) is 34.3 Å². The van der Waals surface area contributed by atoms with Crippen molar-refractivity contribution in [3.05, 3.63) is 71.5 Å². The minimum Gasteiger partial charge on any atom is -0.504 e. The molecule has 0 bridgehead atoms. The Morgan fingerprint density at radius 1 is 1.06 bits per heavy atom. The van der Waals surface area contributed by atoms with Crippen molar-refractivity contribution >= 4 is 17.6 Å². The first kappa shape index (κ1) is 23.4. The molecule has 0 saturated carbocycles. The topological polar surface area (TPSA) is 112 Å². The first-order valence-electron chi connectivity index (χ1n) is 9.62. The molecule has 3 aromatic rings. The fourth-order valence-electron chi connectivity index (χ4n) is 2.87. The van der Waals surface area contributed by atoms with Crippen LogP contribution in [0.1, 0.15) is 21.6 Å². The number of nitrogens with one attached hydrogen (secondary N) is 3. The van der Waals surface area contributed by atoms with Crippen LogP contribution in [0, 0.1) is 0 Å². The molecule has 9 nitrogen and oxygen atoms in total. The van der Waals surface area contributed by atoms with E-state index in [9.17, 15) is 27.9 Å². The summed E-state index contributed by atoms with van der Waals surface area (Å²) in [6.45, 7) is 0.184. The normalized spacial score (nSPS) is 11.1. The molecule has 3 rings (SSSR count). The number of nitrogens with zero attached hydrogens (tertiary/aromatic N) is 3. The zero-order valence-corrected chi connectivity index (χ0v) is 17.6. The number of para-hydroxylation sites is 1. The molecule has 0 fully saturated rings. The van der Waals surface area contributed by atoms with E-state index in [2.05, 4.69) is 15.8 Å². The summed E-state index contributed by atoms with van der Waals surface area (Å²) in [5.41, 5.74) is 4.03. The van der Waals surface area contributed by atoms with Gasteiger partial charge >= 0.3 is 12.2 Å². The number of hydrogen-bond acceptors (Lipinski definition) is 5. The first-order valence-corrected chi connectivity index (χ1v) is 9.62. The summed E-state index contributed by atoms with van der Waals surface area (Å²) in [5.74, 6) is -1.67. The highest BCUT2D eigenvalue weighted by Gasteiger charge is 2.34. The number of aromatic hydroxyl groups is 1. The Balaban J connectivity index is 1.60. The second kappa shape index (κ2) is 9.51. The van der Waals surface area contributed by atoms with E-state index in [-0.39, 0.29) is 12.2 Å². The van der Waals surface area contributed by atoms with Gasteiger partial charge < -0.3 is 15.3 Å². The zero-order valence-electron chi connectivity index (χ0n) is 17.6. The summed E-state index contributed by atoms with van der Waals surface area (Å²) < 4.78 is 40.4. The van der Waals surface area contributed by atoms with Crippen LogP contribution < -0.4 is 21.1 Å². The molecule has 3 amide bonds. The number of aromatic nitrogens is 2. The Labute approximate surface area is 186 Å². The van der Waals surface area contributed by atoms with Crippen LogP contribution in [0.3, 0.4) is 0 Å². The van der Waals surface area contributed by atoms with E-state index in [1.54, 1.807) is 0 Å². The van der Waals surface area contributed by atoms with E-state index in [1.807, 2.05) is 48.7 Å². The lowest BCUT2D eigenvalue weighted by Crippen LogP contribution is -2.46. The number of carbonyl (C=O) groups excluding carboxylic acids is 2. The molecular weight excluding hydrogens is 441 g/mol. The second-order valence-electron chi connectivity index (χ2n) is 7.15. The van der Waals surface area contributed by atoms with Crippen molar-refractivity contribution in [2.45, 2.75) is 12.7 Å². The van der Waals surface area contributed by atoms with E-state index in [4.69, 9.17) is 0 Å². The van der Waals surface area contributed by atoms with Gasteiger partial charge in [0.25, 0.3) is 5.91 Å². The van der Waals surface area contributed by atoms with Crippen molar-refractivity contribution in [1.29, 1.82) is 0 Å². The Morgan fingerprint density at radius 2 is 1.73 bits per heavy atom. The average Bonchev–Trinajstić information content (AvgIpc) is 3.17. The Morgan fingerprint density at radius 3 is 2.36 bits per heavy atom. The molecule has 1 heterocycles. The number of anilines is 1. The van der Waals surface area contributed by atoms with Gasteiger partial charge in [-0.15, -0.1) is 0 Å². The first-order chi connectivity index (χ1) is 15.6. The summed E-state index contributed by atoms with van der Waals surface area (Å²) in [6, 6.07) is 11.3. The lowest BCUT2D eigenvalue weighted by molar-refractivity contribution is -0.137. The maximum Gasteiger partial charge on any atom is 0.418 e. The SMILES string of the molecule is CN(C)c1ccc(CNC(=O)NNC(=O)c2nn(-c3ccccc3C(F)(F)F)cc2O)cc1. The highest BCUT2D eigenvalue weighted by Crippen LogP contribution is 2.34. The smallest absolute Gasteiger partial charge is 0.418 e. The fraction of sp³-hybridized carbons (Fsp3) is 0.190. The Kier molecular flexibility index (Phi) is 6.75. The van der Waals surface area contributed by atoms with Gasteiger partial charge in [-0.2, -0.15) is 18.3 Å². The van der Waals surface area contributed by atoms with Crippen molar-refractivity contribution in [3.8, 4) is 11.4 Å². The third-order valence-corrected chi connectivity index (χ3v) is 4.56. The summed E-state index contributed by atoms with van der Waals surface area (Å²) in [6.07, 6.45) is -3.79. The molecule has 0 spiro atoms. The minimum atomic E-state index is -4.66. The van der Waals surface area contributed by atoms with Gasteiger partial charge in [0, 0.05) is 26.3 Å². The molecule has 4 N–H and O–H groups in total. The molecule has 0 aliphatic heterocycles. The van der Waals surface area contributed by atoms with Crippen LogP contribution in [0.5, 0.6) is 5.75 Å². The lowest BCUT2D eigenvalue weighted by atomic mass is 10.2. The highest BCUT2D eigenvalue weighted by atomic mass is 19.4. The van der Waals surface area contributed by atoms with Crippen LogP contribution in [-0.4, -0.2) is 40.9 Å². The molecule has 0 aliphatic rings. The van der Waals surface area contributed by atoms with Crippen LogP contribution >= 0.6 is 0 Å². The van der Waals surface area contributed by atoms with Crippen molar-refractivity contribution in [2.75, 3.05) is 19.0 Å².